The van der Waals surface area contributed by atoms with E-state index in [1.165, 1.54) is 6.26 Å². The molecule has 88 valence electrons. The number of hydrogen-bond donors (Lipinski definition) is 1. The lowest BCUT2D eigenvalue weighted by molar-refractivity contribution is -0.137. The van der Waals surface area contributed by atoms with Crippen molar-refractivity contribution in [2.75, 3.05) is 6.26 Å². The molecular formula is C10H18O4S. The van der Waals surface area contributed by atoms with Gasteiger partial charge in [-0.05, 0) is 25.2 Å². The van der Waals surface area contributed by atoms with Crippen molar-refractivity contribution in [2.24, 2.45) is 5.92 Å². The molecule has 1 rings (SSSR count). The second-order valence-corrected chi connectivity index (χ2v) is 6.74. The molecule has 0 amide bonds. The van der Waals surface area contributed by atoms with Crippen LogP contribution in [0.25, 0.3) is 0 Å². The number of carboxylic acid groups (broad SMARTS) is 1. The van der Waals surface area contributed by atoms with Crippen molar-refractivity contribution < 1.29 is 18.3 Å². The Bertz CT molecular complexity index is 320. The minimum Gasteiger partial charge on any atom is -0.481 e. The van der Waals surface area contributed by atoms with Gasteiger partial charge in [0.05, 0.1) is 5.25 Å². The summed E-state index contributed by atoms with van der Waals surface area (Å²) in [4.78, 5) is 10.4. The van der Waals surface area contributed by atoms with Gasteiger partial charge in [-0.25, -0.2) is 8.42 Å². The third-order valence-electron chi connectivity index (χ3n) is 3.11. The second-order valence-electron chi connectivity index (χ2n) is 4.42. The minimum atomic E-state index is -2.94. The second kappa shape index (κ2) is 4.96. The van der Waals surface area contributed by atoms with Crippen molar-refractivity contribution in [1.29, 1.82) is 0 Å². The normalized spacial score (nSPS) is 27.5. The van der Waals surface area contributed by atoms with Gasteiger partial charge in [-0.15, -0.1) is 0 Å². The predicted molar refractivity (Wildman–Crippen MR) is 57.5 cm³/mol. The van der Waals surface area contributed by atoms with Crippen LogP contribution in [-0.2, 0) is 14.6 Å². The van der Waals surface area contributed by atoms with E-state index in [1.807, 2.05) is 0 Å². The molecule has 0 aromatic carbocycles. The number of carbonyl (C=O) groups is 1. The highest BCUT2D eigenvalue weighted by molar-refractivity contribution is 7.91. The van der Waals surface area contributed by atoms with Crippen LogP contribution in [0.5, 0.6) is 0 Å². The molecule has 0 spiro atoms. The van der Waals surface area contributed by atoms with Crippen molar-refractivity contribution in [3.8, 4) is 0 Å². The molecule has 2 unspecified atom stereocenters. The predicted octanol–water partition coefficient (Wildman–Crippen LogP) is 1.45. The number of aliphatic carboxylic acids is 1. The maximum atomic E-state index is 11.4. The summed E-state index contributed by atoms with van der Waals surface area (Å²) in [6.07, 6.45) is 5.30. The van der Waals surface area contributed by atoms with E-state index in [4.69, 9.17) is 5.11 Å². The summed E-state index contributed by atoms with van der Waals surface area (Å²) in [7, 11) is -2.94. The molecule has 1 saturated carbocycles. The molecule has 1 fully saturated rings. The van der Waals surface area contributed by atoms with Crippen molar-refractivity contribution >= 4 is 15.8 Å². The molecule has 2 atom stereocenters. The molecule has 4 nitrogen and oxygen atoms in total. The van der Waals surface area contributed by atoms with Crippen molar-refractivity contribution in [3.05, 3.63) is 0 Å². The van der Waals surface area contributed by atoms with Crippen LogP contribution in [0, 0.1) is 5.92 Å². The Kier molecular flexibility index (Phi) is 4.13. The van der Waals surface area contributed by atoms with Gasteiger partial charge in [-0.1, -0.05) is 12.8 Å². The highest BCUT2D eigenvalue weighted by Gasteiger charge is 2.28. The summed E-state index contributed by atoms with van der Waals surface area (Å²) in [5, 5.41) is 8.31. The molecule has 15 heavy (non-hydrogen) atoms. The maximum Gasteiger partial charge on any atom is 0.303 e. The zero-order chi connectivity index (χ0) is 11.5. The van der Waals surface area contributed by atoms with Crippen LogP contribution in [-0.4, -0.2) is 31.0 Å². The summed E-state index contributed by atoms with van der Waals surface area (Å²) < 4.78 is 22.7. The molecule has 1 aliphatic rings. The minimum absolute atomic E-state index is 0.154. The highest BCUT2D eigenvalue weighted by atomic mass is 32.2. The average Bonchev–Trinajstić information content (AvgIpc) is 2.14. The van der Waals surface area contributed by atoms with Crippen molar-refractivity contribution in [2.45, 2.75) is 43.8 Å². The Balaban J connectivity index is 2.46. The highest BCUT2D eigenvalue weighted by Crippen LogP contribution is 2.31. The molecule has 0 saturated heterocycles. The molecule has 0 aromatic rings. The Morgan fingerprint density at radius 1 is 1.40 bits per heavy atom. The monoisotopic (exact) mass is 234 g/mol. The molecule has 5 heteroatoms. The van der Waals surface area contributed by atoms with E-state index < -0.39 is 15.8 Å². The first-order valence-electron chi connectivity index (χ1n) is 5.30. The molecule has 1 N–H and O–H groups in total. The van der Waals surface area contributed by atoms with Gasteiger partial charge in [0.25, 0.3) is 0 Å². The zero-order valence-electron chi connectivity index (χ0n) is 8.98. The Labute approximate surface area is 90.6 Å². The van der Waals surface area contributed by atoms with Crippen LogP contribution in [0.15, 0.2) is 0 Å². The number of hydrogen-bond acceptors (Lipinski definition) is 3. The fourth-order valence-electron chi connectivity index (χ4n) is 2.22. The van der Waals surface area contributed by atoms with E-state index in [2.05, 4.69) is 0 Å². The van der Waals surface area contributed by atoms with Gasteiger partial charge in [0.1, 0.15) is 9.84 Å². The first kappa shape index (κ1) is 12.5. The fourth-order valence-corrected chi connectivity index (χ4v) is 3.44. The van der Waals surface area contributed by atoms with E-state index in [0.29, 0.717) is 12.8 Å². The third-order valence-corrected chi connectivity index (χ3v) is 4.75. The molecule has 0 aromatic heterocycles. The third kappa shape index (κ3) is 4.20. The van der Waals surface area contributed by atoms with Crippen LogP contribution in [0.4, 0.5) is 0 Å². The lowest BCUT2D eigenvalue weighted by Gasteiger charge is -2.27. The largest absolute Gasteiger partial charge is 0.481 e. The van der Waals surface area contributed by atoms with Gasteiger partial charge in [0.2, 0.25) is 0 Å². The quantitative estimate of drug-likeness (QED) is 0.799. The summed E-state index contributed by atoms with van der Waals surface area (Å²) in [5.74, 6) is -0.522. The number of carboxylic acids is 1. The maximum absolute atomic E-state index is 11.4. The van der Waals surface area contributed by atoms with Crippen LogP contribution in [0.1, 0.15) is 38.5 Å². The van der Waals surface area contributed by atoms with Crippen LogP contribution in [0.2, 0.25) is 0 Å². The van der Waals surface area contributed by atoms with E-state index in [9.17, 15) is 13.2 Å². The first-order chi connectivity index (χ1) is 6.89. The van der Waals surface area contributed by atoms with E-state index in [0.717, 1.165) is 19.3 Å². The summed E-state index contributed by atoms with van der Waals surface area (Å²) in [6, 6.07) is 0. The lowest BCUT2D eigenvalue weighted by Crippen LogP contribution is -2.27. The Hall–Kier alpha value is -0.580. The van der Waals surface area contributed by atoms with E-state index in [-0.39, 0.29) is 17.6 Å². The zero-order valence-corrected chi connectivity index (χ0v) is 9.79. The smallest absolute Gasteiger partial charge is 0.303 e. The topological polar surface area (TPSA) is 71.4 Å². The lowest BCUT2D eigenvalue weighted by atomic mass is 9.86. The summed E-state index contributed by atoms with van der Waals surface area (Å²) in [5.41, 5.74) is 0. The standard InChI is InChI=1S/C10H18O4S/c1-15(13,14)9-4-2-3-8(7-9)5-6-10(11)12/h8-9H,2-7H2,1H3,(H,11,12). The molecular weight excluding hydrogens is 216 g/mol. The van der Waals surface area contributed by atoms with Gasteiger partial charge in [-0.2, -0.15) is 0 Å². The van der Waals surface area contributed by atoms with Gasteiger partial charge >= 0.3 is 5.97 Å². The summed E-state index contributed by atoms with van der Waals surface area (Å²) in [6.45, 7) is 0. The van der Waals surface area contributed by atoms with Crippen LogP contribution < -0.4 is 0 Å². The van der Waals surface area contributed by atoms with Gasteiger partial charge in [-0.3, -0.25) is 4.79 Å². The average molecular weight is 234 g/mol. The Morgan fingerprint density at radius 3 is 2.60 bits per heavy atom. The van der Waals surface area contributed by atoms with Crippen molar-refractivity contribution in [1.82, 2.24) is 0 Å². The van der Waals surface area contributed by atoms with Crippen molar-refractivity contribution in [3.63, 3.8) is 0 Å². The van der Waals surface area contributed by atoms with Gasteiger partial charge in [0.15, 0.2) is 0 Å². The fraction of sp³-hybridized carbons (Fsp3) is 0.900. The van der Waals surface area contributed by atoms with Crippen LogP contribution >= 0.6 is 0 Å². The summed E-state index contributed by atoms with van der Waals surface area (Å²) >= 11 is 0. The van der Waals surface area contributed by atoms with E-state index >= 15 is 0 Å². The molecule has 1 aliphatic carbocycles. The van der Waals surface area contributed by atoms with Crippen LogP contribution in [0.3, 0.4) is 0 Å². The molecule has 0 heterocycles. The number of sulfone groups is 1. The molecule has 0 bridgehead atoms. The van der Waals surface area contributed by atoms with E-state index in [1.54, 1.807) is 0 Å². The Morgan fingerprint density at radius 2 is 2.07 bits per heavy atom. The van der Waals surface area contributed by atoms with Gasteiger partial charge in [0, 0.05) is 12.7 Å². The first-order valence-corrected chi connectivity index (χ1v) is 7.25. The SMILES string of the molecule is CS(=O)(=O)C1CCCC(CCC(=O)O)C1. The molecule has 0 aliphatic heterocycles. The molecule has 0 radical (unpaired) electrons. The number of rotatable bonds is 4. The van der Waals surface area contributed by atoms with Gasteiger partial charge < -0.3 is 5.11 Å².